The molecule has 0 saturated carbocycles. The molecule has 0 fully saturated rings. The van der Waals surface area contributed by atoms with Crippen LogP contribution < -0.4 is 4.90 Å². The summed E-state index contributed by atoms with van der Waals surface area (Å²) >= 11 is 6.37. The molecular weight excluding hydrogens is 330 g/mol. The van der Waals surface area contributed by atoms with Crippen LogP contribution in [0.2, 0.25) is 5.15 Å². The van der Waals surface area contributed by atoms with E-state index in [9.17, 15) is 0 Å². The van der Waals surface area contributed by atoms with E-state index in [1.807, 2.05) is 6.07 Å². The molecule has 3 heterocycles. The van der Waals surface area contributed by atoms with Crippen LogP contribution in [0.5, 0.6) is 0 Å². The highest BCUT2D eigenvalue weighted by Gasteiger charge is 2.23. The van der Waals surface area contributed by atoms with Crippen molar-refractivity contribution >= 4 is 28.3 Å². The van der Waals surface area contributed by atoms with Crippen LogP contribution in [0.4, 0.5) is 5.82 Å². The maximum Gasteiger partial charge on any atom is 0.155 e. The Labute approximate surface area is 153 Å². The zero-order valence-corrected chi connectivity index (χ0v) is 15.3. The van der Waals surface area contributed by atoms with E-state index in [4.69, 9.17) is 23.0 Å². The summed E-state index contributed by atoms with van der Waals surface area (Å²) in [5.74, 6) is 3.71. The average molecular weight is 350 g/mol. The van der Waals surface area contributed by atoms with E-state index in [-0.39, 0.29) is 0 Å². The number of anilines is 1. The molecule has 0 unspecified atom stereocenters. The average Bonchev–Trinajstić information content (AvgIpc) is 2.86. The minimum Gasteiger partial charge on any atom is -0.350 e. The quantitative estimate of drug-likeness (QED) is 0.501. The van der Waals surface area contributed by atoms with Gasteiger partial charge in [-0.1, -0.05) is 41.8 Å². The van der Waals surface area contributed by atoms with E-state index in [0.29, 0.717) is 11.7 Å². The molecule has 0 saturated heterocycles. The van der Waals surface area contributed by atoms with Crippen LogP contribution in [0.15, 0.2) is 30.3 Å². The largest absolute Gasteiger partial charge is 0.350 e. The SMILES string of the molecule is C#CCn1c(C)c(C)c2cc(Cl)nc(N3CCc4ccccc4C3)c21. The van der Waals surface area contributed by atoms with Crippen LogP contribution >= 0.6 is 11.6 Å². The number of hydrogen-bond acceptors (Lipinski definition) is 2. The topological polar surface area (TPSA) is 21.1 Å². The number of fused-ring (bicyclic) bond motifs is 2. The van der Waals surface area contributed by atoms with Gasteiger partial charge in [0.25, 0.3) is 0 Å². The number of aryl methyl sites for hydroxylation is 1. The van der Waals surface area contributed by atoms with Gasteiger partial charge in [-0.25, -0.2) is 4.98 Å². The Morgan fingerprint density at radius 3 is 2.76 bits per heavy atom. The fourth-order valence-electron chi connectivity index (χ4n) is 3.80. The highest BCUT2D eigenvalue weighted by Crippen LogP contribution is 2.35. The van der Waals surface area contributed by atoms with Gasteiger partial charge in [-0.05, 0) is 43.0 Å². The lowest BCUT2D eigenvalue weighted by Gasteiger charge is -2.30. The molecule has 1 aliphatic rings. The van der Waals surface area contributed by atoms with Crippen molar-refractivity contribution < 1.29 is 0 Å². The number of rotatable bonds is 2. The van der Waals surface area contributed by atoms with Gasteiger partial charge in [-0.15, -0.1) is 6.42 Å². The number of benzene rings is 1. The third-order valence-electron chi connectivity index (χ3n) is 5.24. The van der Waals surface area contributed by atoms with E-state index < -0.39 is 0 Å². The van der Waals surface area contributed by atoms with Gasteiger partial charge in [-0.2, -0.15) is 0 Å². The van der Waals surface area contributed by atoms with E-state index >= 15 is 0 Å². The summed E-state index contributed by atoms with van der Waals surface area (Å²) in [6.07, 6.45) is 6.63. The monoisotopic (exact) mass is 349 g/mol. The second kappa shape index (κ2) is 6.13. The van der Waals surface area contributed by atoms with Gasteiger partial charge in [0.1, 0.15) is 5.15 Å². The van der Waals surface area contributed by atoms with Crippen molar-refractivity contribution in [2.24, 2.45) is 0 Å². The Bertz CT molecular complexity index is 1010. The number of hydrogen-bond donors (Lipinski definition) is 0. The van der Waals surface area contributed by atoms with Crippen molar-refractivity contribution in [3.05, 3.63) is 57.9 Å². The third kappa shape index (κ3) is 2.58. The lowest BCUT2D eigenvalue weighted by molar-refractivity contribution is 0.719. The van der Waals surface area contributed by atoms with Crippen molar-refractivity contribution in [2.75, 3.05) is 11.4 Å². The molecule has 4 rings (SSSR count). The Kier molecular flexibility index (Phi) is 3.94. The van der Waals surface area contributed by atoms with Crippen LogP contribution in [-0.2, 0) is 19.5 Å². The number of pyridine rings is 1. The molecule has 0 atom stereocenters. The van der Waals surface area contributed by atoms with Crippen molar-refractivity contribution in [1.82, 2.24) is 9.55 Å². The first-order valence-electron chi connectivity index (χ1n) is 8.51. The molecule has 126 valence electrons. The van der Waals surface area contributed by atoms with Gasteiger partial charge in [0, 0.05) is 24.2 Å². The molecule has 0 N–H and O–H groups in total. The third-order valence-corrected chi connectivity index (χ3v) is 5.44. The zero-order chi connectivity index (χ0) is 17.6. The number of halogens is 1. The van der Waals surface area contributed by atoms with Crippen LogP contribution in [-0.4, -0.2) is 16.1 Å². The first-order chi connectivity index (χ1) is 12.1. The van der Waals surface area contributed by atoms with Gasteiger partial charge < -0.3 is 9.47 Å². The molecular formula is C21H20ClN3. The summed E-state index contributed by atoms with van der Waals surface area (Å²) < 4.78 is 2.18. The molecule has 3 aromatic rings. The van der Waals surface area contributed by atoms with E-state index in [0.717, 1.165) is 36.2 Å². The van der Waals surface area contributed by atoms with Crippen molar-refractivity contribution in [1.29, 1.82) is 0 Å². The predicted octanol–water partition coefficient (Wildman–Crippen LogP) is 4.50. The van der Waals surface area contributed by atoms with Crippen molar-refractivity contribution in [3.8, 4) is 12.3 Å². The maximum atomic E-state index is 6.37. The first-order valence-corrected chi connectivity index (χ1v) is 8.89. The minimum absolute atomic E-state index is 0.530. The highest BCUT2D eigenvalue weighted by molar-refractivity contribution is 6.30. The van der Waals surface area contributed by atoms with Crippen LogP contribution in [0, 0.1) is 26.2 Å². The Morgan fingerprint density at radius 1 is 1.24 bits per heavy atom. The molecule has 1 aromatic carbocycles. The van der Waals surface area contributed by atoms with Gasteiger partial charge in [0.15, 0.2) is 5.82 Å². The predicted molar refractivity (Wildman–Crippen MR) is 104 cm³/mol. The number of aromatic nitrogens is 2. The highest BCUT2D eigenvalue weighted by atomic mass is 35.5. The summed E-state index contributed by atoms with van der Waals surface area (Å²) in [5, 5.41) is 1.67. The van der Waals surface area contributed by atoms with Gasteiger partial charge in [-0.3, -0.25) is 0 Å². The normalized spacial score (nSPS) is 13.8. The van der Waals surface area contributed by atoms with Crippen LogP contribution in [0.1, 0.15) is 22.4 Å². The Hall–Kier alpha value is -2.44. The summed E-state index contributed by atoms with van der Waals surface area (Å²) in [6, 6.07) is 10.6. The summed E-state index contributed by atoms with van der Waals surface area (Å²) in [7, 11) is 0. The summed E-state index contributed by atoms with van der Waals surface area (Å²) in [5.41, 5.74) is 6.26. The fraction of sp³-hybridized carbons (Fsp3) is 0.286. The first kappa shape index (κ1) is 16.1. The molecule has 0 radical (unpaired) electrons. The minimum atomic E-state index is 0.530. The molecule has 2 aromatic heterocycles. The standard InChI is InChI=1S/C21H20ClN3/c1-4-10-25-15(3)14(2)18-12-19(22)23-21(20(18)25)24-11-9-16-7-5-6-8-17(16)13-24/h1,5-8,12H,9-11,13H2,2-3H3. The van der Waals surface area contributed by atoms with Gasteiger partial charge in [0.05, 0.1) is 12.1 Å². The molecule has 25 heavy (non-hydrogen) atoms. The molecule has 0 amide bonds. The number of terminal acetylenes is 1. The summed E-state index contributed by atoms with van der Waals surface area (Å²) in [4.78, 5) is 7.02. The second-order valence-corrected chi connectivity index (χ2v) is 6.99. The van der Waals surface area contributed by atoms with Gasteiger partial charge >= 0.3 is 0 Å². The Balaban J connectivity index is 1.90. The van der Waals surface area contributed by atoms with E-state index in [2.05, 4.69) is 53.5 Å². The molecule has 3 nitrogen and oxygen atoms in total. The molecule has 0 aliphatic carbocycles. The maximum absolute atomic E-state index is 6.37. The van der Waals surface area contributed by atoms with Crippen LogP contribution in [0.25, 0.3) is 10.9 Å². The van der Waals surface area contributed by atoms with Crippen LogP contribution in [0.3, 0.4) is 0 Å². The van der Waals surface area contributed by atoms with Crippen molar-refractivity contribution in [3.63, 3.8) is 0 Å². The molecule has 0 spiro atoms. The molecule has 1 aliphatic heterocycles. The lowest BCUT2D eigenvalue weighted by atomic mass is 10.00. The lowest BCUT2D eigenvalue weighted by Crippen LogP contribution is -2.31. The molecule has 4 heteroatoms. The van der Waals surface area contributed by atoms with Crippen molar-refractivity contribution in [2.45, 2.75) is 33.4 Å². The number of nitrogens with zero attached hydrogens (tertiary/aromatic N) is 3. The second-order valence-electron chi connectivity index (χ2n) is 6.61. The summed E-state index contributed by atoms with van der Waals surface area (Å²) in [6.45, 7) is 6.54. The zero-order valence-electron chi connectivity index (χ0n) is 14.5. The Morgan fingerprint density at radius 2 is 2.00 bits per heavy atom. The van der Waals surface area contributed by atoms with E-state index in [1.54, 1.807) is 0 Å². The van der Waals surface area contributed by atoms with Gasteiger partial charge in [0.2, 0.25) is 0 Å². The fourth-order valence-corrected chi connectivity index (χ4v) is 3.99. The smallest absolute Gasteiger partial charge is 0.155 e. The molecule has 0 bridgehead atoms. The van der Waals surface area contributed by atoms with E-state index in [1.165, 1.54) is 22.4 Å².